The Balaban J connectivity index is 2.60. The first kappa shape index (κ1) is 13.3. The largest absolute Gasteiger partial charge is 0.357 e. The number of rotatable bonds is 3. The molecule has 0 aliphatic carbocycles. The third kappa shape index (κ3) is 4.03. The van der Waals surface area contributed by atoms with Crippen molar-refractivity contribution in [2.24, 2.45) is 16.3 Å². The summed E-state index contributed by atoms with van der Waals surface area (Å²) in [6, 6.07) is 0. The van der Waals surface area contributed by atoms with E-state index in [0.717, 1.165) is 32.1 Å². The van der Waals surface area contributed by atoms with Crippen LogP contribution in [0.2, 0.25) is 0 Å². The van der Waals surface area contributed by atoms with Crippen LogP contribution in [0.15, 0.2) is 4.99 Å². The Hall–Kier alpha value is -0.730. The van der Waals surface area contributed by atoms with Crippen LogP contribution >= 0.6 is 0 Å². The smallest absolute Gasteiger partial charge is 0.193 e. The van der Waals surface area contributed by atoms with Gasteiger partial charge in [-0.3, -0.25) is 4.99 Å². The van der Waals surface area contributed by atoms with Crippen molar-refractivity contribution in [3.63, 3.8) is 0 Å². The van der Waals surface area contributed by atoms with Gasteiger partial charge in [-0.1, -0.05) is 27.7 Å². The maximum atomic E-state index is 4.69. The van der Waals surface area contributed by atoms with Crippen molar-refractivity contribution >= 4 is 5.96 Å². The first-order valence-electron chi connectivity index (χ1n) is 6.48. The second-order valence-corrected chi connectivity index (χ2v) is 5.92. The Morgan fingerprint density at radius 3 is 2.56 bits per heavy atom. The van der Waals surface area contributed by atoms with Crippen molar-refractivity contribution in [1.29, 1.82) is 0 Å². The highest BCUT2D eigenvalue weighted by molar-refractivity contribution is 5.80. The van der Waals surface area contributed by atoms with Crippen LogP contribution < -0.4 is 5.32 Å². The van der Waals surface area contributed by atoms with Crippen molar-refractivity contribution in [3.8, 4) is 0 Å². The van der Waals surface area contributed by atoms with E-state index in [9.17, 15) is 0 Å². The highest BCUT2D eigenvalue weighted by Crippen LogP contribution is 2.28. The molecule has 3 heteroatoms. The van der Waals surface area contributed by atoms with Gasteiger partial charge in [0.2, 0.25) is 0 Å². The van der Waals surface area contributed by atoms with Gasteiger partial charge in [0.25, 0.3) is 0 Å². The molecule has 1 aliphatic heterocycles. The third-order valence-corrected chi connectivity index (χ3v) is 2.92. The van der Waals surface area contributed by atoms with Crippen LogP contribution in [-0.4, -0.2) is 37.0 Å². The van der Waals surface area contributed by atoms with E-state index in [1.165, 1.54) is 6.42 Å². The first-order valence-corrected chi connectivity index (χ1v) is 6.48. The number of hydrogen-bond acceptors (Lipinski definition) is 1. The molecule has 0 amide bonds. The molecule has 0 saturated carbocycles. The van der Waals surface area contributed by atoms with E-state index in [0.29, 0.717) is 11.3 Å². The Morgan fingerprint density at radius 1 is 1.44 bits per heavy atom. The molecule has 3 nitrogen and oxygen atoms in total. The van der Waals surface area contributed by atoms with Gasteiger partial charge in [-0.2, -0.15) is 0 Å². The molecule has 0 radical (unpaired) electrons. The minimum atomic E-state index is 0.439. The predicted molar refractivity (Wildman–Crippen MR) is 70.8 cm³/mol. The number of hydrogen-bond donors (Lipinski definition) is 1. The zero-order valence-electron chi connectivity index (χ0n) is 11.5. The molecule has 1 fully saturated rings. The van der Waals surface area contributed by atoms with Gasteiger partial charge in [0.05, 0.1) is 0 Å². The summed E-state index contributed by atoms with van der Waals surface area (Å²) in [6.07, 6.45) is 1.26. The molecule has 0 aromatic rings. The highest BCUT2D eigenvalue weighted by atomic mass is 15.3. The molecule has 0 aromatic carbocycles. The topological polar surface area (TPSA) is 27.6 Å². The minimum absolute atomic E-state index is 0.439. The zero-order valence-corrected chi connectivity index (χ0v) is 11.5. The summed E-state index contributed by atoms with van der Waals surface area (Å²) in [7, 11) is 0. The van der Waals surface area contributed by atoms with E-state index in [-0.39, 0.29) is 0 Å². The summed E-state index contributed by atoms with van der Waals surface area (Å²) in [4.78, 5) is 7.09. The molecule has 16 heavy (non-hydrogen) atoms. The van der Waals surface area contributed by atoms with Gasteiger partial charge in [-0.05, 0) is 24.7 Å². The lowest BCUT2D eigenvalue weighted by Crippen LogP contribution is -2.41. The van der Waals surface area contributed by atoms with Crippen LogP contribution in [0.25, 0.3) is 0 Å². The van der Waals surface area contributed by atoms with Crippen molar-refractivity contribution in [3.05, 3.63) is 0 Å². The quantitative estimate of drug-likeness (QED) is 0.590. The Kier molecular flexibility index (Phi) is 4.63. The number of likely N-dealkylation sites (tertiary alicyclic amines) is 1. The third-order valence-electron chi connectivity index (χ3n) is 2.92. The number of nitrogens with zero attached hydrogens (tertiary/aromatic N) is 2. The van der Waals surface area contributed by atoms with Gasteiger partial charge in [0, 0.05) is 26.2 Å². The summed E-state index contributed by atoms with van der Waals surface area (Å²) < 4.78 is 0. The highest BCUT2D eigenvalue weighted by Gasteiger charge is 2.30. The van der Waals surface area contributed by atoms with Gasteiger partial charge in [-0.15, -0.1) is 0 Å². The Bertz CT molecular complexity index is 244. The van der Waals surface area contributed by atoms with E-state index in [1.54, 1.807) is 0 Å². The van der Waals surface area contributed by atoms with Crippen LogP contribution in [0.1, 0.15) is 41.0 Å². The van der Waals surface area contributed by atoms with Crippen molar-refractivity contribution in [2.45, 2.75) is 41.0 Å². The Labute approximate surface area is 100 Å². The molecular weight excluding hydrogens is 198 g/mol. The molecule has 0 spiro atoms. The van der Waals surface area contributed by atoms with Crippen molar-refractivity contribution in [2.75, 3.05) is 26.2 Å². The fourth-order valence-corrected chi connectivity index (χ4v) is 1.99. The van der Waals surface area contributed by atoms with Gasteiger partial charge in [0.15, 0.2) is 5.96 Å². The summed E-state index contributed by atoms with van der Waals surface area (Å²) >= 11 is 0. The number of guanidine groups is 1. The van der Waals surface area contributed by atoms with E-state index in [4.69, 9.17) is 4.99 Å². The van der Waals surface area contributed by atoms with Crippen molar-refractivity contribution < 1.29 is 0 Å². The molecule has 1 rings (SSSR count). The lowest BCUT2D eigenvalue weighted by Gasteiger charge is -2.23. The molecule has 1 saturated heterocycles. The standard InChI is InChI=1S/C13H27N3/c1-6-14-12(15-9-11(2)3)16-8-7-13(4,5)10-16/h11H,6-10H2,1-5H3,(H,14,15). The summed E-state index contributed by atoms with van der Waals surface area (Å²) in [5.74, 6) is 1.73. The van der Waals surface area contributed by atoms with Gasteiger partial charge in [0.1, 0.15) is 0 Å². The summed E-state index contributed by atoms with van der Waals surface area (Å²) in [5, 5.41) is 3.39. The van der Waals surface area contributed by atoms with E-state index in [1.807, 2.05) is 0 Å². The number of aliphatic imine (C=N–C) groups is 1. The molecular formula is C13H27N3. The molecule has 94 valence electrons. The average Bonchev–Trinajstić information content (AvgIpc) is 2.53. The molecule has 0 atom stereocenters. The van der Waals surface area contributed by atoms with Gasteiger partial charge in [-0.25, -0.2) is 0 Å². The summed E-state index contributed by atoms with van der Waals surface area (Å²) in [5.41, 5.74) is 0.439. The lowest BCUT2D eigenvalue weighted by molar-refractivity contribution is 0.369. The molecule has 0 bridgehead atoms. The molecule has 1 heterocycles. The molecule has 1 aliphatic rings. The second kappa shape index (κ2) is 5.55. The molecule has 0 aromatic heterocycles. The fraction of sp³-hybridized carbons (Fsp3) is 0.923. The maximum absolute atomic E-state index is 4.69. The van der Waals surface area contributed by atoms with Gasteiger partial charge >= 0.3 is 0 Å². The van der Waals surface area contributed by atoms with E-state index < -0.39 is 0 Å². The van der Waals surface area contributed by atoms with Gasteiger partial charge < -0.3 is 10.2 Å². The normalized spacial score (nSPS) is 20.6. The second-order valence-electron chi connectivity index (χ2n) is 5.92. The number of nitrogens with one attached hydrogen (secondary N) is 1. The fourth-order valence-electron chi connectivity index (χ4n) is 1.99. The van der Waals surface area contributed by atoms with Crippen LogP contribution in [0, 0.1) is 11.3 Å². The minimum Gasteiger partial charge on any atom is -0.357 e. The van der Waals surface area contributed by atoms with Crippen LogP contribution in [0.4, 0.5) is 0 Å². The van der Waals surface area contributed by atoms with Crippen LogP contribution in [-0.2, 0) is 0 Å². The first-order chi connectivity index (χ1) is 7.44. The van der Waals surface area contributed by atoms with Crippen LogP contribution in [0.3, 0.4) is 0 Å². The molecule has 1 N–H and O–H groups in total. The summed E-state index contributed by atoms with van der Waals surface area (Å²) in [6.45, 7) is 15.3. The molecule has 0 unspecified atom stereocenters. The van der Waals surface area contributed by atoms with Crippen LogP contribution in [0.5, 0.6) is 0 Å². The average molecular weight is 225 g/mol. The zero-order chi connectivity index (χ0) is 12.2. The lowest BCUT2D eigenvalue weighted by atomic mass is 9.93. The monoisotopic (exact) mass is 225 g/mol. The SMILES string of the molecule is CCNC(=NCC(C)C)N1CCC(C)(C)C1. The Morgan fingerprint density at radius 2 is 2.12 bits per heavy atom. The van der Waals surface area contributed by atoms with E-state index in [2.05, 4.69) is 44.8 Å². The van der Waals surface area contributed by atoms with E-state index >= 15 is 0 Å². The maximum Gasteiger partial charge on any atom is 0.193 e. The predicted octanol–water partition coefficient (Wildman–Crippen LogP) is 2.34. The van der Waals surface area contributed by atoms with Crippen molar-refractivity contribution in [1.82, 2.24) is 10.2 Å².